The monoisotopic (exact) mass is 303 g/mol. The molecular weight excluding hydrogens is 278 g/mol. The van der Waals surface area contributed by atoms with Crippen molar-refractivity contribution in [3.8, 4) is 0 Å². The number of rotatable bonds is 8. The average molecular weight is 303 g/mol. The van der Waals surface area contributed by atoms with Crippen molar-refractivity contribution < 1.29 is 0 Å². The highest BCUT2D eigenvalue weighted by Crippen LogP contribution is 2.15. The second-order valence-electron chi connectivity index (χ2n) is 5.34. The number of thiophene rings is 1. The van der Waals surface area contributed by atoms with Crippen LogP contribution >= 0.6 is 11.3 Å². The summed E-state index contributed by atoms with van der Waals surface area (Å²) in [5.74, 6) is 1.06. The molecule has 3 nitrogen and oxygen atoms in total. The number of nitrogens with zero attached hydrogens (tertiary/aromatic N) is 2. The maximum atomic E-state index is 4.74. The highest BCUT2D eigenvalue weighted by Gasteiger charge is 2.06. The zero-order valence-electron chi connectivity index (χ0n) is 13.2. The van der Waals surface area contributed by atoms with E-state index in [0.29, 0.717) is 0 Å². The van der Waals surface area contributed by atoms with E-state index in [1.54, 1.807) is 0 Å². The molecule has 0 aliphatic carbocycles. The normalized spacial score (nSPS) is 10.8. The van der Waals surface area contributed by atoms with Crippen molar-refractivity contribution >= 4 is 17.2 Å². The van der Waals surface area contributed by atoms with Crippen LogP contribution in [0, 0.1) is 6.92 Å². The molecule has 1 N–H and O–H groups in total. The van der Waals surface area contributed by atoms with E-state index in [0.717, 1.165) is 44.0 Å². The van der Waals surface area contributed by atoms with Crippen LogP contribution in [-0.4, -0.2) is 25.1 Å². The minimum Gasteiger partial charge on any atom is -0.359 e. The summed E-state index contributed by atoms with van der Waals surface area (Å²) in [5, 5.41) is 5.57. The van der Waals surface area contributed by atoms with Gasteiger partial charge in [0.05, 0.1) is 0 Å². The van der Waals surface area contributed by atoms with Crippen molar-refractivity contribution in [2.24, 2.45) is 0 Å². The molecule has 0 aromatic carbocycles. The second kappa shape index (κ2) is 8.15. The number of anilines is 1. The molecule has 0 spiro atoms. The van der Waals surface area contributed by atoms with Gasteiger partial charge in [0.1, 0.15) is 5.82 Å². The van der Waals surface area contributed by atoms with Crippen molar-refractivity contribution in [2.45, 2.75) is 33.2 Å². The Morgan fingerprint density at radius 3 is 2.81 bits per heavy atom. The SMILES string of the molecule is CCCNCc1ccc(N(C)CCc2cccs2)nc1C. The van der Waals surface area contributed by atoms with Crippen LogP contribution in [0.4, 0.5) is 5.82 Å². The van der Waals surface area contributed by atoms with E-state index in [1.807, 2.05) is 11.3 Å². The van der Waals surface area contributed by atoms with Crippen molar-refractivity contribution in [3.63, 3.8) is 0 Å². The number of aryl methyl sites for hydroxylation is 1. The Hall–Kier alpha value is -1.39. The molecule has 114 valence electrons. The summed E-state index contributed by atoms with van der Waals surface area (Å²) in [6, 6.07) is 8.63. The Bertz CT molecular complexity index is 537. The topological polar surface area (TPSA) is 28.2 Å². The van der Waals surface area contributed by atoms with E-state index >= 15 is 0 Å². The average Bonchev–Trinajstić information content (AvgIpc) is 3.00. The molecule has 2 heterocycles. The lowest BCUT2D eigenvalue weighted by atomic mass is 10.2. The Morgan fingerprint density at radius 1 is 1.29 bits per heavy atom. The van der Waals surface area contributed by atoms with E-state index in [-0.39, 0.29) is 0 Å². The molecule has 2 rings (SSSR count). The number of hydrogen-bond acceptors (Lipinski definition) is 4. The maximum Gasteiger partial charge on any atom is 0.128 e. The predicted molar refractivity (Wildman–Crippen MR) is 92.3 cm³/mol. The number of pyridine rings is 1. The van der Waals surface area contributed by atoms with Gasteiger partial charge in [-0.25, -0.2) is 4.98 Å². The van der Waals surface area contributed by atoms with E-state index in [2.05, 4.69) is 60.8 Å². The van der Waals surface area contributed by atoms with Crippen LogP contribution in [0.3, 0.4) is 0 Å². The smallest absolute Gasteiger partial charge is 0.128 e. The molecule has 0 fully saturated rings. The summed E-state index contributed by atoms with van der Waals surface area (Å²) < 4.78 is 0. The van der Waals surface area contributed by atoms with Crippen LogP contribution in [0.25, 0.3) is 0 Å². The fourth-order valence-corrected chi connectivity index (χ4v) is 2.92. The molecule has 21 heavy (non-hydrogen) atoms. The largest absolute Gasteiger partial charge is 0.359 e. The fraction of sp³-hybridized carbons (Fsp3) is 0.471. The number of nitrogens with one attached hydrogen (secondary N) is 1. The molecule has 0 saturated heterocycles. The Morgan fingerprint density at radius 2 is 2.14 bits per heavy atom. The predicted octanol–water partition coefficient (Wildman–Crippen LogP) is 3.63. The third-order valence-electron chi connectivity index (χ3n) is 3.59. The van der Waals surface area contributed by atoms with Crippen LogP contribution in [0.15, 0.2) is 29.6 Å². The van der Waals surface area contributed by atoms with Gasteiger partial charge >= 0.3 is 0 Å². The first-order valence-corrected chi connectivity index (χ1v) is 8.49. The van der Waals surface area contributed by atoms with Crippen LogP contribution in [0.1, 0.15) is 29.5 Å². The van der Waals surface area contributed by atoms with E-state index in [1.165, 1.54) is 10.4 Å². The first kappa shape index (κ1) is 16.0. The maximum absolute atomic E-state index is 4.74. The van der Waals surface area contributed by atoms with Crippen molar-refractivity contribution in [2.75, 3.05) is 25.0 Å². The van der Waals surface area contributed by atoms with E-state index in [9.17, 15) is 0 Å². The summed E-state index contributed by atoms with van der Waals surface area (Å²) in [6.45, 7) is 7.25. The first-order chi connectivity index (χ1) is 10.2. The number of hydrogen-bond donors (Lipinski definition) is 1. The van der Waals surface area contributed by atoms with Crippen molar-refractivity contribution in [1.29, 1.82) is 0 Å². The molecule has 0 bridgehead atoms. The molecule has 0 aliphatic heterocycles. The zero-order chi connectivity index (χ0) is 15.1. The summed E-state index contributed by atoms with van der Waals surface area (Å²) in [5.41, 5.74) is 2.41. The summed E-state index contributed by atoms with van der Waals surface area (Å²) in [7, 11) is 2.12. The van der Waals surface area contributed by atoms with Gasteiger partial charge in [-0.1, -0.05) is 19.1 Å². The van der Waals surface area contributed by atoms with Gasteiger partial charge in [-0.15, -0.1) is 11.3 Å². The lowest BCUT2D eigenvalue weighted by molar-refractivity contribution is 0.670. The highest BCUT2D eigenvalue weighted by molar-refractivity contribution is 7.09. The molecule has 2 aromatic rings. The van der Waals surface area contributed by atoms with E-state index in [4.69, 9.17) is 4.98 Å². The molecule has 0 aliphatic rings. The molecule has 0 amide bonds. The molecule has 0 radical (unpaired) electrons. The minimum absolute atomic E-state index is 0.909. The van der Waals surface area contributed by atoms with Gasteiger partial charge in [0.15, 0.2) is 0 Å². The van der Waals surface area contributed by atoms with Crippen LogP contribution in [0.2, 0.25) is 0 Å². The Kier molecular flexibility index (Phi) is 6.21. The van der Waals surface area contributed by atoms with Gasteiger partial charge in [-0.05, 0) is 49.4 Å². The molecule has 2 aromatic heterocycles. The van der Waals surface area contributed by atoms with Gasteiger partial charge in [0, 0.05) is 30.7 Å². The lowest BCUT2D eigenvalue weighted by Crippen LogP contribution is -2.22. The number of aromatic nitrogens is 1. The van der Waals surface area contributed by atoms with Gasteiger partial charge < -0.3 is 10.2 Å². The first-order valence-electron chi connectivity index (χ1n) is 7.61. The van der Waals surface area contributed by atoms with Crippen LogP contribution in [-0.2, 0) is 13.0 Å². The van der Waals surface area contributed by atoms with Crippen molar-refractivity contribution in [3.05, 3.63) is 45.8 Å². The number of likely N-dealkylation sites (N-methyl/N-ethyl adjacent to an activating group) is 1. The third-order valence-corrected chi connectivity index (χ3v) is 4.52. The quantitative estimate of drug-likeness (QED) is 0.755. The summed E-state index contributed by atoms with van der Waals surface area (Å²) in [4.78, 5) is 8.40. The molecule has 0 atom stereocenters. The summed E-state index contributed by atoms with van der Waals surface area (Å²) >= 11 is 1.82. The van der Waals surface area contributed by atoms with Crippen LogP contribution < -0.4 is 10.2 Å². The van der Waals surface area contributed by atoms with Gasteiger partial charge in [-0.2, -0.15) is 0 Å². The van der Waals surface area contributed by atoms with Crippen LogP contribution in [0.5, 0.6) is 0 Å². The molecule has 0 saturated carbocycles. The minimum atomic E-state index is 0.909. The molecule has 0 unspecified atom stereocenters. The second-order valence-corrected chi connectivity index (χ2v) is 6.37. The highest BCUT2D eigenvalue weighted by atomic mass is 32.1. The summed E-state index contributed by atoms with van der Waals surface area (Å²) in [6.07, 6.45) is 2.24. The fourth-order valence-electron chi connectivity index (χ4n) is 2.22. The van der Waals surface area contributed by atoms with E-state index < -0.39 is 0 Å². The molecular formula is C17H25N3S. The van der Waals surface area contributed by atoms with Gasteiger partial charge in [-0.3, -0.25) is 0 Å². The van der Waals surface area contributed by atoms with Crippen molar-refractivity contribution in [1.82, 2.24) is 10.3 Å². The standard InChI is InChI=1S/C17H25N3S/c1-4-10-18-13-15-7-8-17(19-14(15)2)20(3)11-9-16-6-5-12-21-16/h5-8,12,18H,4,9-11,13H2,1-3H3. The Labute approximate surface area is 132 Å². The zero-order valence-corrected chi connectivity index (χ0v) is 14.0. The van der Waals surface area contributed by atoms with Gasteiger partial charge in [0.2, 0.25) is 0 Å². The molecule has 4 heteroatoms. The van der Waals surface area contributed by atoms with Gasteiger partial charge in [0.25, 0.3) is 0 Å². The Balaban J connectivity index is 1.91. The third kappa shape index (κ3) is 4.83. The lowest BCUT2D eigenvalue weighted by Gasteiger charge is -2.19.